The molecule has 0 aliphatic heterocycles. The van der Waals surface area contributed by atoms with Crippen LogP contribution in [0.15, 0.2) is 30.3 Å². The van der Waals surface area contributed by atoms with Crippen LogP contribution in [-0.2, 0) is 0 Å². The second kappa shape index (κ2) is 5.88. The minimum absolute atomic E-state index is 0.468. The largest absolute Gasteiger partial charge is 0.316 e. The van der Waals surface area contributed by atoms with Crippen molar-refractivity contribution in [1.29, 1.82) is 0 Å². The molecule has 100 valence electrons. The molecule has 0 spiro atoms. The van der Waals surface area contributed by atoms with Gasteiger partial charge in [-0.2, -0.15) is 0 Å². The lowest BCUT2D eigenvalue weighted by atomic mass is 9.80. The van der Waals surface area contributed by atoms with Gasteiger partial charge in [-0.25, -0.2) is 0 Å². The first-order valence-corrected chi connectivity index (χ1v) is 7.47. The summed E-state index contributed by atoms with van der Waals surface area (Å²) in [5.74, 6) is 1.67. The van der Waals surface area contributed by atoms with Gasteiger partial charge in [0, 0.05) is 6.54 Å². The molecule has 1 nitrogen and oxygen atoms in total. The Kier molecular flexibility index (Phi) is 4.45. The maximum absolute atomic E-state index is 3.62. The van der Waals surface area contributed by atoms with Crippen molar-refractivity contribution in [2.45, 2.75) is 46.0 Å². The second-order valence-corrected chi connectivity index (χ2v) is 6.04. The van der Waals surface area contributed by atoms with E-state index in [4.69, 9.17) is 0 Å². The van der Waals surface area contributed by atoms with Crippen molar-refractivity contribution in [3.8, 4) is 0 Å². The molecule has 0 heterocycles. The Hall–Kier alpha value is -0.820. The lowest BCUT2D eigenvalue weighted by molar-refractivity contribution is 0.243. The smallest absolute Gasteiger partial charge is 0.000793 e. The molecule has 1 fully saturated rings. The molecule has 1 aliphatic carbocycles. The summed E-state index contributed by atoms with van der Waals surface area (Å²) >= 11 is 0. The highest BCUT2D eigenvalue weighted by molar-refractivity contribution is 5.27. The third-order valence-electron chi connectivity index (χ3n) is 4.68. The summed E-state index contributed by atoms with van der Waals surface area (Å²) in [6.45, 7) is 9.36. The summed E-state index contributed by atoms with van der Waals surface area (Å²) in [5, 5.41) is 3.62. The third-order valence-corrected chi connectivity index (χ3v) is 4.68. The molecule has 3 atom stereocenters. The van der Waals surface area contributed by atoms with E-state index in [1.54, 1.807) is 0 Å². The van der Waals surface area contributed by atoms with Crippen LogP contribution in [0.4, 0.5) is 0 Å². The van der Waals surface area contributed by atoms with Crippen LogP contribution in [0.3, 0.4) is 0 Å². The van der Waals surface area contributed by atoms with E-state index < -0.39 is 0 Å². The topological polar surface area (TPSA) is 12.0 Å². The van der Waals surface area contributed by atoms with Gasteiger partial charge in [-0.15, -0.1) is 0 Å². The lowest BCUT2D eigenvalue weighted by Gasteiger charge is -2.29. The Labute approximate surface area is 112 Å². The van der Waals surface area contributed by atoms with Gasteiger partial charge < -0.3 is 5.32 Å². The quantitative estimate of drug-likeness (QED) is 0.710. The molecule has 0 aromatic heterocycles. The fourth-order valence-corrected chi connectivity index (χ4v) is 3.10. The van der Waals surface area contributed by atoms with Crippen molar-refractivity contribution >= 4 is 0 Å². The van der Waals surface area contributed by atoms with Crippen molar-refractivity contribution in [2.75, 3.05) is 13.1 Å². The van der Waals surface area contributed by atoms with Gasteiger partial charge in [-0.1, -0.05) is 51.1 Å². The molecule has 0 saturated heterocycles. The van der Waals surface area contributed by atoms with Crippen LogP contribution in [0.1, 0.15) is 51.5 Å². The molecule has 0 radical (unpaired) electrons. The lowest BCUT2D eigenvalue weighted by Crippen LogP contribution is -2.34. The first-order chi connectivity index (χ1) is 8.71. The molecule has 1 aliphatic rings. The molecule has 2 rings (SSSR count). The predicted octanol–water partition coefficient (Wildman–Crippen LogP) is 4.21. The Balaban J connectivity index is 1.95. The van der Waals surface area contributed by atoms with E-state index in [0.717, 1.165) is 18.4 Å². The van der Waals surface area contributed by atoms with Crippen molar-refractivity contribution in [2.24, 2.45) is 11.3 Å². The number of nitrogens with one attached hydrogen (secondary N) is 1. The summed E-state index contributed by atoms with van der Waals surface area (Å²) in [6, 6.07) is 11.0. The van der Waals surface area contributed by atoms with Gasteiger partial charge in [0.2, 0.25) is 0 Å². The van der Waals surface area contributed by atoms with Gasteiger partial charge in [0.05, 0.1) is 0 Å². The summed E-state index contributed by atoms with van der Waals surface area (Å²) in [7, 11) is 0. The minimum Gasteiger partial charge on any atom is -0.316 e. The average Bonchev–Trinajstić information content (AvgIpc) is 3.21. The van der Waals surface area contributed by atoms with Gasteiger partial charge in [-0.05, 0) is 48.6 Å². The number of rotatable bonds is 7. The van der Waals surface area contributed by atoms with E-state index in [2.05, 4.69) is 56.4 Å². The molecule has 18 heavy (non-hydrogen) atoms. The third kappa shape index (κ3) is 2.95. The highest BCUT2D eigenvalue weighted by Gasteiger charge is 2.49. The monoisotopic (exact) mass is 245 g/mol. The molecule has 0 amide bonds. The van der Waals surface area contributed by atoms with Crippen molar-refractivity contribution in [3.05, 3.63) is 35.9 Å². The van der Waals surface area contributed by atoms with Gasteiger partial charge in [0.15, 0.2) is 0 Å². The fourth-order valence-electron chi connectivity index (χ4n) is 3.10. The van der Waals surface area contributed by atoms with Crippen LogP contribution in [-0.4, -0.2) is 13.1 Å². The van der Waals surface area contributed by atoms with Crippen molar-refractivity contribution < 1.29 is 0 Å². The van der Waals surface area contributed by atoms with E-state index in [-0.39, 0.29) is 0 Å². The zero-order chi connectivity index (χ0) is 13.0. The summed E-state index contributed by atoms with van der Waals surface area (Å²) < 4.78 is 0. The molecule has 1 heteroatoms. The molecule has 1 N–H and O–H groups in total. The normalized spacial score (nSPS) is 25.7. The Morgan fingerprint density at radius 2 is 1.94 bits per heavy atom. The van der Waals surface area contributed by atoms with Crippen LogP contribution in [0, 0.1) is 11.3 Å². The molecule has 1 aromatic carbocycles. The van der Waals surface area contributed by atoms with Gasteiger partial charge in [0.1, 0.15) is 0 Å². The van der Waals surface area contributed by atoms with Crippen LogP contribution < -0.4 is 5.32 Å². The molecular formula is C17H27N. The second-order valence-electron chi connectivity index (χ2n) is 6.04. The average molecular weight is 245 g/mol. The zero-order valence-electron chi connectivity index (χ0n) is 12.1. The van der Waals surface area contributed by atoms with Gasteiger partial charge >= 0.3 is 0 Å². The molecule has 3 unspecified atom stereocenters. The number of benzene rings is 1. The minimum atomic E-state index is 0.468. The van der Waals surface area contributed by atoms with Gasteiger partial charge in [0.25, 0.3) is 0 Å². The first-order valence-electron chi connectivity index (χ1n) is 7.47. The highest BCUT2D eigenvalue weighted by Crippen LogP contribution is 2.57. The SMILES string of the molecule is CCCNCC(C)(CC)C1CC1c1ccccc1. The standard InChI is InChI=1S/C17H27N/c1-4-11-18-13-17(3,5-2)16-12-15(16)14-9-7-6-8-10-14/h6-10,15-16,18H,4-5,11-13H2,1-3H3. The Morgan fingerprint density at radius 1 is 1.22 bits per heavy atom. The van der Waals surface area contributed by atoms with E-state index in [0.29, 0.717) is 5.41 Å². The number of hydrogen-bond donors (Lipinski definition) is 1. The van der Waals surface area contributed by atoms with Gasteiger partial charge in [-0.3, -0.25) is 0 Å². The molecule has 1 aromatic rings. The fraction of sp³-hybridized carbons (Fsp3) is 0.647. The Bertz CT molecular complexity index is 359. The Morgan fingerprint density at radius 3 is 2.56 bits per heavy atom. The summed E-state index contributed by atoms with van der Waals surface area (Å²) in [4.78, 5) is 0. The predicted molar refractivity (Wildman–Crippen MR) is 78.8 cm³/mol. The summed E-state index contributed by atoms with van der Waals surface area (Å²) in [6.07, 6.45) is 3.88. The van der Waals surface area contributed by atoms with Crippen LogP contribution >= 0.6 is 0 Å². The van der Waals surface area contributed by atoms with Crippen molar-refractivity contribution in [1.82, 2.24) is 5.32 Å². The van der Waals surface area contributed by atoms with E-state index >= 15 is 0 Å². The molecular weight excluding hydrogens is 218 g/mol. The zero-order valence-corrected chi connectivity index (χ0v) is 12.1. The summed E-state index contributed by atoms with van der Waals surface area (Å²) in [5.41, 5.74) is 2.01. The molecule has 1 saturated carbocycles. The maximum Gasteiger partial charge on any atom is 0.000793 e. The van der Waals surface area contributed by atoms with Crippen LogP contribution in [0.5, 0.6) is 0 Å². The highest BCUT2D eigenvalue weighted by atomic mass is 14.9. The van der Waals surface area contributed by atoms with E-state index in [1.165, 1.54) is 31.4 Å². The van der Waals surface area contributed by atoms with Crippen LogP contribution in [0.2, 0.25) is 0 Å². The number of hydrogen-bond acceptors (Lipinski definition) is 1. The van der Waals surface area contributed by atoms with Crippen LogP contribution in [0.25, 0.3) is 0 Å². The van der Waals surface area contributed by atoms with E-state index in [1.807, 2.05) is 0 Å². The van der Waals surface area contributed by atoms with E-state index in [9.17, 15) is 0 Å². The first kappa shape index (κ1) is 13.6. The van der Waals surface area contributed by atoms with Crippen molar-refractivity contribution in [3.63, 3.8) is 0 Å². The molecule has 0 bridgehead atoms. The maximum atomic E-state index is 3.62.